The van der Waals surface area contributed by atoms with E-state index < -0.39 is 11.2 Å². The second-order valence-electron chi connectivity index (χ2n) is 7.00. The number of thioether (sulfide) groups is 1. The zero-order chi connectivity index (χ0) is 23.8. The fourth-order valence-corrected chi connectivity index (χ4v) is 3.82. The van der Waals surface area contributed by atoms with Crippen LogP contribution in [0.5, 0.6) is 5.75 Å². The van der Waals surface area contributed by atoms with E-state index in [9.17, 15) is 14.4 Å². The van der Waals surface area contributed by atoms with Crippen LogP contribution in [0.3, 0.4) is 0 Å². The van der Waals surface area contributed by atoms with Crippen LogP contribution in [0.4, 0.5) is 11.4 Å². The van der Waals surface area contributed by atoms with E-state index >= 15 is 0 Å². The van der Waals surface area contributed by atoms with E-state index in [0.717, 1.165) is 4.90 Å². The minimum Gasteiger partial charge on any atom is -0.497 e. The van der Waals surface area contributed by atoms with Gasteiger partial charge in [-0.2, -0.15) is 0 Å². The standard InChI is InChI=1S/C25H24N2O5S/c1-16(23(28)27-22-10-5-4-9-21(22)25(30)32-3)33-20-13-11-18(12-14-20)26-24(29)17-7-6-8-19(15-17)31-2/h4-16H,1-3H3,(H,26,29)(H,27,28). The van der Waals surface area contributed by atoms with Crippen molar-refractivity contribution in [2.45, 2.75) is 17.1 Å². The third-order valence-corrected chi connectivity index (χ3v) is 5.83. The molecule has 0 heterocycles. The Hall–Kier alpha value is -3.78. The van der Waals surface area contributed by atoms with Gasteiger partial charge in [-0.15, -0.1) is 11.8 Å². The van der Waals surface area contributed by atoms with Gasteiger partial charge in [0.1, 0.15) is 5.75 Å². The molecular formula is C25H24N2O5S. The molecule has 0 radical (unpaired) electrons. The first-order chi connectivity index (χ1) is 15.9. The molecule has 0 fully saturated rings. The number of methoxy groups -OCH3 is 2. The summed E-state index contributed by atoms with van der Waals surface area (Å²) < 4.78 is 9.91. The van der Waals surface area contributed by atoms with Crippen molar-refractivity contribution < 1.29 is 23.9 Å². The number of para-hydroxylation sites is 1. The Kier molecular flexibility index (Phi) is 8.10. The van der Waals surface area contributed by atoms with Crippen LogP contribution in [0.25, 0.3) is 0 Å². The quantitative estimate of drug-likeness (QED) is 0.366. The molecule has 0 saturated heterocycles. The molecule has 0 aliphatic carbocycles. The summed E-state index contributed by atoms with van der Waals surface area (Å²) in [7, 11) is 2.84. The second kappa shape index (κ2) is 11.2. The van der Waals surface area contributed by atoms with E-state index in [1.165, 1.54) is 18.9 Å². The molecule has 1 unspecified atom stereocenters. The lowest BCUT2D eigenvalue weighted by atomic mass is 10.2. The Labute approximate surface area is 196 Å². The maximum atomic E-state index is 12.7. The molecule has 0 aliphatic heterocycles. The van der Waals surface area contributed by atoms with Crippen LogP contribution in [0.1, 0.15) is 27.6 Å². The fraction of sp³-hybridized carbons (Fsp3) is 0.160. The van der Waals surface area contributed by atoms with E-state index in [1.807, 2.05) is 12.1 Å². The van der Waals surface area contributed by atoms with Crippen LogP contribution >= 0.6 is 11.8 Å². The monoisotopic (exact) mass is 464 g/mol. The first kappa shape index (κ1) is 23.9. The molecule has 0 bridgehead atoms. The van der Waals surface area contributed by atoms with E-state index in [4.69, 9.17) is 9.47 Å². The minimum atomic E-state index is -0.516. The summed E-state index contributed by atoms with van der Waals surface area (Å²) in [6, 6.07) is 20.8. The summed E-state index contributed by atoms with van der Waals surface area (Å²) in [6.45, 7) is 1.78. The van der Waals surface area contributed by atoms with Gasteiger partial charge in [-0.25, -0.2) is 4.79 Å². The molecule has 170 valence electrons. The molecule has 3 aromatic rings. The predicted octanol–water partition coefficient (Wildman–Crippen LogP) is 4.85. The van der Waals surface area contributed by atoms with Gasteiger partial charge >= 0.3 is 5.97 Å². The zero-order valence-electron chi connectivity index (χ0n) is 18.5. The van der Waals surface area contributed by atoms with Gasteiger partial charge in [-0.3, -0.25) is 9.59 Å². The number of hydrogen-bond donors (Lipinski definition) is 2. The van der Waals surface area contributed by atoms with Gasteiger partial charge in [-0.05, 0) is 61.5 Å². The number of anilines is 2. The topological polar surface area (TPSA) is 93.7 Å². The lowest BCUT2D eigenvalue weighted by Gasteiger charge is -2.14. The van der Waals surface area contributed by atoms with E-state index in [0.29, 0.717) is 28.3 Å². The molecule has 0 spiro atoms. The van der Waals surface area contributed by atoms with Gasteiger partial charge in [0.05, 0.1) is 30.7 Å². The van der Waals surface area contributed by atoms with Crippen LogP contribution in [-0.4, -0.2) is 37.3 Å². The molecule has 0 saturated carbocycles. The number of benzene rings is 3. The highest BCUT2D eigenvalue weighted by Gasteiger charge is 2.18. The van der Waals surface area contributed by atoms with Crippen molar-refractivity contribution in [1.29, 1.82) is 0 Å². The fourth-order valence-electron chi connectivity index (χ4n) is 2.96. The lowest BCUT2D eigenvalue weighted by Crippen LogP contribution is -2.23. The number of hydrogen-bond acceptors (Lipinski definition) is 6. The molecule has 33 heavy (non-hydrogen) atoms. The van der Waals surface area contributed by atoms with E-state index in [1.54, 1.807) is 74.7 Å². The molecule has 3 rings (SSSR count). The average Bonchev–Trinajstić information content (AvgIpc) is 2.85. The third-order valence-electron chi connectivity index (χ3n) is 4.72. The molecule has 8 heteroatoms. The molecular weight excluding hydrogens is 440 g/mol. The third kappa shape index (κ3) is 6.36. The average molecular weight is 465 g/mol. The largest absolute Gasteiger partial charge is 0.497 e. The predicted molar refractivity (Wildman–Crippen MR) is 129 cm³/mol. The molecule has 3 aromatic carbocycles. The Bertz CT molecular complexity index is 1150. The number of rotatable bonds is 8. The van der Waals surface area contributed by atoms with Crippen LogP contribution in [0.15, 0.2) is 77.7 Å². The molecule has 2 amide bonds. The van der Waals surface area contributed by atoms with Gasteiger partial charge in [0.15, 0.2) is 0 Å². The van der Waals surface area contributed by atoms with Crippen molar-refractivity contribution in [3.63, 3.8) is 0 Å². The minimum absolute atomic E-state index is 0.244. The smallest absolute Gasteiger partial charge is 0.339 e. The van der Waals surface area contributed by atoms with Crippen LogP contribution < -0.4 is 15.4 Å². The summed E-state index contributed by atoms with van der Waals surface area (Å²) in [6.07, 6.45) is 0. The second-order valence-corrected chi connectivity index (χ2v) is 8.41. The Morgan fingerprint density at radius 1 is 0.879 bits per heavy atom. The summed E-state index contributed by atoms with van der Waals surface area (Å²) >= 11 is 1.36. The number of esters is 1. The maximum absolute atomic E-state index is 12.7. The van der Waals surface area contributed by atoms with Crippen LogP contribution in [0.2, 0.25) is 0 Å². The van der Waals surface area contributed by atoms with E-state index in [2.05, 4.69) is 10.6 Å². The highest BCUT2D eigenvalue weighted by molar-refractivity contribution is 8.00. The Morgan fingerprint density at radius 2 is 1.61 bits per heavy atom. The van der Waals surface area contributed by atoms with Crippen molar-refractivity contribution >= 4 is 40.9 Å². The molecule has 1 atom stereocenters. The number of carbonyl (C=O) groups is 3. The highest BCUT2D eigenvalue weighted by atomic mass is 32.2. The molecule has 0 aliphatic rings. The zero-order valence-corrected chi connectivity index (χ0v) is 19.3. The van der Waals surface area contributed by atoms with Gasteiger partial charge in [0.25, 0.3) is 5.91 Å². The van der Waals surface area contributed by atoms with E-state index in [-0.39, 0.29) is 11.8 Å². The van der Waals surface area contributed by atoms with Crippen molar-refractivity contribution in [1.82, 2.24) is 0 Å². The Morgan fingerprint density at radius 3 is 2.30 bits per heavy atom. The number of amides is 2. The first-order valence-electron chi connectivity index (χ1n) is 10.1. The van der Waals surface area contributed by atoms with Crippen LogP contribution in [-0.2, 0) is 9.53 Å². The maximum Gasteiger partial charge on any atom is 0.339 e. The lowest BCUT2D eigenvalue weighted by molar-refractivity contribution is -0.115. The normalized spacial score (nSPS) is 11.2. The number of nitrogens with one attached hydrogen (secondary N) is 2. The summed E-state index contributed by atoms with van der Waals surface area (Å²) in [5.74, 6) is -0.397. The molecule has 2 N–H and O–H groups in total. The SMILES string of the molecule is COC(=O)c1ccccc1NC(=O)C(C)Sc1ccc(NC(=O)c2cccc(OC)c2)cc1. The van der Waals surface area contributed by atoms with Crippen LogP contribution in [0, 0.1) is 0 Å². The summed E-state index contributed by atoms with van der Waals surface area (Å²) in [4.78, 5) is 37.8. The van der Waals surface area contributed by atoms with Crippen molar-refractivity contribution in [2.75, 3.05) is 24.9 Å². The number of ether oxygens (including phenoxy) is 2. The van der Waals surface area contributed by atoms with Crippen molar-refractivity contribution in [3.8, 4) is 5.75 Å². The van der Waals surface area contributed by atoms with Gasteiger partial charge < -0.3 is 20.1 Å². The Balaban J connectivity index is 1.60. The van der Waals surface area contributed by atoms with Gasteiger partial charge in [0, 0.05) is 16.1 Å². The van der Waals surface area contributed by atoms with Crippen molar-refractivity contribution in [2.24, 2.45) is 0 Å². The van der Waals surface area contributed by atoms with Crippen molar-refractivity contribution in [3.05, 3.63) is 83.9 Å². The first-order valence-corrected chi connectivity index (χ1v) is 11.0. The molecule has 7 nitrogen and oxygen atoms in total. The molecule has 0 aromatic heterocycles. The van der Waals surface area contributed by atoms with Gasteiger partial charge in [0.2, 0.25) is 5.91 Å². The summed E-state index contributed by atoms with van der Waals surface area (Å²) in [5, 5.41) is 5.20. The van der Waals surface area contributed by atoms with Gasteiger partial charge in [-0.1, -0.05) is 18.2 Å². The summed E-state index contributed by atoms with van der Waals surface area (Å²) in [5.41, 5.74) is 1.82. The number of carbonyl (C=O) groups excluding carboxylic acids is 3. The highest BCUT2D eigenvalue weighted by Crippen LogP contribution is 2.26.